The number of benzene rings is 1. The van der Waals surface area contributed by atoms with Gasteiger partial charge in [0.1, 0.15) is 23.3 Å². The number of anilines is 2. The van der Waals surface area contributed by atoms with Crippen molar-refractivity contribution in [1.82, 2.24) is 24.3 Å². The molecule has 180 valence electrons. The van der Waals surface area contributed by atoms with E-state index in [1.807, 2.05) is 65.0 Å². The quantitative estimate of drug-likeness (QED) is 0.449. The van der Waals surface area contributed by atoms with Gasteiger partial charge >= 0.3 is 0 Å². The van der Waals surface area contributed by atoms with Crippen LogP contribution >= 0.6 is 0 Å². The molecule has 0 saturated carbocycles. The second-order valence-electron chi connectivity index (χ2n) is 8.61. The molecule has 3 aromatic heterocycles. The summed E-state index contributed by atoms with van der Waals surface area (Å²) in [5.74, 6) is 1.93. The van der Waals surface area contributed by atoms with Crippen LogP contribution in [0, 0.1) is 6.92 Å². The zero-order chi connectivity index (χ0) is 24.4. The first-order valence-corrected chi connectivity index (χ1v) is 11.6. The predicted molar refractivity (Wildman–Crippen MR) is 133 cm³/mol. The monoisotopic (exact) mass is 472 g/mol. The number of methoxy groups -OCH3 is 1. The summed E-state index contributed by atoms with van der Waals surface area (Å²) in [6.45, 7) is 5.03. The lowest BCUT2D eigenvalue weighted by Crippen LogP contribution is -2.40. The minimum absolute atomic E-state index is 0.0718. The Balaban J connectivity index is 1.34. The summed E-state index contributed by atoms with van der Waals surface area (Å²) in [7, 11) is 1.62. The molecule has 1 fully saturated rings. The highest BCUT2D eigenvalue weighted by molar-refractivity contribution is 5.73. The van der Waals surface area contributed by atoms with Crippen LogP contribution in [0.4, 0.5) is 11.6 Å². The third-order valence-corrected chi connectivity index (χ3v) is 6.24. The Kier molecular flexibility index (Phi) is 6.22. The number of piperidine rings is 1. The number of carbonyl (C=O) groups is 1. The van der Waals surface area contributed by atoms with Crippen molar-refractivity contribution in [3.8, 4) is 22.9 Å². The molecule has 1 aliphatic heterocycles. The molecule has 0 unspecified atom stereocenters. The molecule has 1 saturated heterocycles. The van der Waals surface area contributed by atoms with Crippen LogP contribution in [-0.2, 0) is 4.79 Å². The molecule has 4 heterocycles. The Morgan fingerprint density at radius 3 is 2.71 bits per heavy atom. The molecular formula is C26H28N6O3. The van der Waals surface area contributed by atoms with E-state index in [0.29, 0.717) is 11.7 Å². The summed E-state index contributed by atoms with van der Waals surface area (Å²) < 4.78 is 13.8. The molecule has 0 aliphatic carbocycles. The molecule has 9 heteroatoms. The second kappa shape index (κ2) is 9.61. The fraction of sp³-hybridized carbons (Fsp3) is 0.308. The molecule has 1 N–H and O–H groups in total. The van der Waals surface area contributed by atoms with Crippen LogP contribution in [0.2, 0.25) is 0 Å². The van der Waals surface area contributed by atoms with E-state index in [2.05, 4.69) is 15.3 Å². The first-order valence-electron chi connectivity index (χ1n) is 11.6. The number of carbonyl (C=O) groups excluding carboxylic acids is 1. The number of nitrogens with zero attached hydrogens (tertiary/aromatic N) is 5. The van der Waals surface area contributed by atoms with Gasteiger partial charge in [-0.1, -0.05) is 6.07 Å². The van der Waals surface area contributed by atoms with Crippen molar-refractivity contribution in [1.29, 1.82) is 0 Å². The summed E-state index contributed by atoms with van der Waals surface area (Å²) in [6, 6.07) is 11.5. The lowest BCUT2D eigenvalue weighted by molar-refractivity contribution is -0.130. The molecule has 4 aromatic rings. The van der Waals surface area contributed by atoms with Gasteiger partial charge in [-0.3, -0.25) is 9.20 Å². The van der Waals surface area contributed by atoms with Crippen LogP contribution in [0.3, 0.4) is 0 Å². The van der Waals surface area contributed by atoms with Crippen molar-refractivity contribution in [2.45, 2.75) is 32.8 Å². The standard InChI is InChI=1S/C26H28N6O3/c1-17-15-28-26(30-25(17)22-16-27-24-6-4-5-11-32(22)24)29-21-8-7-20(14-23(21)34-3)35-19-9-12-31(13-10-19)18(2)33/h4-8,11,14-16,19H,9-10,12-13H2,1-3H3,(H,28,29,30). The molecule has 1 aromatic carbocycles. The highest BCUT2D eigenvalue weighted by atomic mass is 16.5. The number of aromatic nitrogens is 4. The molecule has 1 amide bonds. The molecule has 0 radical (unpaired) electrons. The van der Waals surface area contributed by atoms with E-state index >= 15 is 0 Å². The van der Waals surface area contributed by atoms with Crippen molar-refractivity contribution in [2.75, 3.05) is 25.5 Å². The smallest absolute Gasteiger partial charge is 0.227 e. The molecule has 0 atom stereocenters. The van der Waals surface area contributed by atoms with Crippen LogP contribution in [0.5, 0.6) is 11.5 Å². The summed E-state index contributed by atoms with van der Waals surface area (Å²) in [5, 5.41) is 3.27. The van der Waals surface area contributed by atoms with E-state index in [1.54, 1.807) is 20.2 Å². The van der Waals surface area contributed by atoms with Gasteiger partial charge in [-0.25, -0.2) is 15.0 Å². The predicted octanol–water partition coefficient (Wildman–Crippen LogP) is 4.24. The Morgan fingerprint density at radius 1 is 1.11 bits per heavy atom. The summed E-state index contributed by atoms with van der Waals surface area (Å²) in [4.78, 5) is 27.1. The van der Waals surface area contributed by atoms with Gasteiger partial charge in [-0.2, -0.15) is 0 Å². The molecular weight excluding hydrogens is 444 g/mol. The molecule has 35 heavy (non-hydrogen) atoms. The van der Waals surface area contributed by atoms with Gasteiger partial charge in [0.15, 0.2) is 0 Å². The second-order valence-corrected chi connectivity index (χ2v) is 8.61. The van der Waals surface area contributed by atoms with Crippen molar-refractivity contribution in [3.63, 3.8) is 0 Å². The van der Waals surface area contributed by atoms with Gasteiger partial charge in [0, 0.05) is 51.3 Å². The van der Waals surface area contributed by atoms with Gasteiger partial charge < -0.3 is 19.7 Å². The number of hydrogen-bond donors (Lipinski definition) is 1. The lowest BCUT2D eigenvalue weighted by Gasteiger charge is -2.31. The molecule has 0 bridgehead atoms. The fourth-order valence-electron chi connectivity index (χ4n) is 4.32. The highest BCUT2D eigenvalue weighted by Gasteiger charge is 2.22. The van der Waals surface area contributed by atoms with Crippen molar-refractivity contribution in [3.05, 3.63) is 60.6 Å². The van der Waals surface area contributed by atoms with Crippen LogP contribution in [0.1, 0.15) is 25.3 Å². The minimum Gasteiger partial charge on any atom is -0.494 e. The van der Waals surface area contributed by atoms with Gasteiger partial charge in [-0.05, 0) is 36.8 Å². The number of amides is 1. The largest absolute Gasteiger partial charge is 0.494 e. The average Bonchev–Trinajstić information content (AvgIpc) is 3.30. The lowest BCUT2D eigenvalue weighted by atomic mass is 10.1. The number of ether oxygens (including phenoxy) is 2. The first-order chi connectivity index (χ1) is 17.0. The number of nitrogens with one attached hydrogen (secondary N) is 1. The molecule has 0 spiro atoms. The molecule has 9 nitrogen and oxygen atoms in total. The maximum absolute atomic E-state index is 11.5. The van der Waals surface area contributed by atoms with E-state index in [-0.39, 0.29) is 12.0 Å². The van der Waals surface area contributed by atoms with Crippen LogP contribution < -0.4 is 14.8 Å². The van der Waals surface area contributed by atoms with Crippen molar-refractivity contribution >= 4 is 23.2 Å². The Hall–Kier alpha value is -4.14. The topological polar surface area (TPSA) is 93.9 Å². The number of imidazole rings is 1. The highest BCUT2D eigenvalue weighted by Crippen LogP contribution is 2.33. The minimum atomic E-state index is 0.0718. The van der Waals surface area contributed by atoms with Gasteiger partial charge in [0.25, 0.3) is 0 Å². The van der Waals surface area contributed by atoms with E-state index in [1.165, 1.54) is 0 Å². The molecule has 1 aliphatic rings. The zero-order valence-corrected chi connectivity index (χ0v) is 20.1. The number of rotatable bonds is 6. The summed E-state index contributed by atoms with van der Waals surface area (Å²) in [6.07, 6.45) is 7.28. The Labute approximate surface area is 203 Å². The van der Waals surface area contributed by atoms with Crippen molar-refractivity contribution in [2.24, 2.45) is 0 Å². The number of aryl methyl sites for hydroxylation is 1. The maximum atomic E-state index is 11.5. The van der Waals surface area contributed by atoms with Gasteiger partial charge in [0.05, 0.1) is 30.4 Å². The maximum Gasteiger partial charge on any atom is 0.227 e. The number of fused-ring (bicyclic) bond motifs is 1. The normalized spacial score (nSPS) is 14.2. The van der Waals surface area contributed by atoms with E-state index in [4.69, 9.17) is 14.5 Å². The Bertz CT molecular complexity index is 1360. The SMILES string of the molecule is COc1cc(OC2CCN(C(C)=O)CC2)ccc1Nc1ncc(C)c(-c2cnc3ccccn23)n1. The number of likely N-dealkylation sites (tertiary alicyclic amines) is 1. The third kappa shape index (κ3) is 4.75. The zero-order valence-electron chi connectivity index (χ0n) is 20.1. The summed E-state index contributed by atoms with van der Waals surface area (Å²) in [5.41, 5.74) is 4.25. The van der Waals surface area contributed by atoms with E-state index < -0.39 is 0 Å². The van der Waals surface area contributed by atoms with Crippen LogP contribution in [-0.4, -0.2) is 56.5 Å². The fourth-order valence-corrected chi connectivity index (χ4v) is 4.32. The first kappa shape index (κ1) is 22.6. The third-order valence-electron chi connectivity index (χ3n) is 6.24. The summed E-state index contributed by atoms with van der Waals surface area (Å²) >= 11 is 0. The Morgan fingerprint density at radius 2 is 1.94 bits per heavy atom. The van der Waals surface area contributed by atoms with E-state index in [0.717, 1.165) is 60.0 Å². The van der Waals surface area contributed by atoms with Gasteiger partial charge in [-0.15, -0.1) is 0 Å². The number of hydrogen-bond acceptors (Lipinski definition) is 7. The van der Waals surface area contributed by atoms with E-state index in [9.17, 15) is 4.79 Å². The van der Waals surface area contributed by atoms with Gasteiger partial charge in [0.2, 0.25) is 11.9 Å². The van der Waals surface area contributed by atoms with Crippen LogP contribution in [0.25, 0.3) is 17.0 Å². The number of pyridine rings is 1. The molecule has 5 rings (SSSR count). The van der Waals surface area contributed by atoms with Crippen molar-refractivity contribution < 1.29 is 14.3 Å². The van der Waals surface area contributed by atoms with Crippen LogP contribution in [0.15, 0.2) is 55.0 Å². The average molecular weight is 473 g/mol.